The lowest BCUT2D eigenvalue weighted by atomic mass is 10.0. The maximum absolute atomic E-state index is 6.47. The van der Waals surface area contributed by atoms with Gasteiger partial charge in [0.15, 0.2) is 0 Å². The van der Waals surface area contributed by atoms with Gasteiger partial charge in [-0.3, -0.25) is 0 Å². The Morgan fingerprint density at radius 2 is 1.62 bits per heavy atom. The molecule has 0 aliphatic heterocycles. The second-order valence-electron chi connectivity index (χ2n) is 5.78. The highest BCUT2D eigenvalue weighted by molar-refractivity contribution is 6.37. The Bertz CT molecular complexity index is 1060. The summed E-state index contributed by atoms with van der Waals surface area (Å²) in [5, 5.41) is 10.6. The van der Waals surface area contributed by atoms with Crippen LogP contribution in [0.5, 0.6) is 0 Å². The summed E-state index contributed by atoms with van der Waals surface area (Å²) in [6.45, 7) is 1.83. The maximum Gasteiger partial charge on any atom is 0.211 e. The van der Waals surface area contributed by atoms with Gasteiger partial charge < -0.3 is 16.0 Å². The van der Waals surface area contributed by atoms with Crippen LogP contribution in [0.2, 0.25) is 15.1 Å². The van der Waals surface area contributed by atoms with Crippen molar-refractivity contribution < 1.29 is 0 Å². The summed E-state index contributed by atoms with van der Waals surface area (Å²) in [4.78, 5) is 0. The van der Waals surface area contributed by atoms with Crippen LogP contribution in [-0.2, 0) is 7.05 Å². The van der Waals surface area contributed by atoms with Gasteiger partial charge in [0.25, 0.3) is 0 Å². The number of hydrogen-bond acceptors (Lipinski definition) is 2. The predicted octanol–water partition coefficient (Wildman–Crippen LogP) is 4.80. The van der Waals surface area contributed by atoms with Gasteiger partial charge in [0.1, 0.15) is 0 Å². The average Bonchev–Trinajstić information content (AvgIpc) is 2.85. The molecule has 1 heterocycles. The Morgan fingerprint density at radius 1 is 0.962 bits per heavy atom. The molecule has 5 nitrogen and oxygen atoms in total. The Labute approximate surface area is 165 Å². The van der Waals surface area contributed by atoms with Crippen molar-refractivity contribution in [2.75, 3.05) is 0 Å². The molecule has 0 unspecified atom stereocenters. The third kappa shape index (κ3) is 3.38. The van der Waals surface area contributed by atoms with E-state index < -0.39 is 0 Å². The van der Waals surface area contributed by atoms with Gasteiger partial charge in [-0.2, -0.15) is 5.10 Å². The molecule has 0 atom stereocenters. The van der Waals surface area contributed by atoms with Crippen LogP contribution < -0.4 is 11.5 Å². The number of aromatic nitrogens is 1. The largest absolute Gasteiger partial charge is 0.369 e. The third-order valence-electron chi connectivity index (χ3n) is 4.03. The van der Waals surface area contributed by atoms with Crippen LogP contribution >= 0.6 is 34.8 Å². The highest BCUT2D eigenvalue weighted by Crippen LogP contribution is 2.38. The topological polar surface area (TPSA) is 81.7 Å². The number of fused-ring (bicyclic) bond motifs is 1. The summed E-state index contributed by atoms with van der Waals surface area (Å²) in [7, 11) is 1.95. The van der Waals surface area contributed by atoms with Crippen molar-refractivity contribution in [2.45, 2.75) is 6.92 Å². The van der Waals surface area contributed by atoms with Crippen LogP contribution in [-0.4, -0.2) is 16.2 Å². The molecule has 4 N–H and O–H groups in total. The molecule has 0 aliphatic rings. The number of guanidine groups is 1. The molecule has 0 amide bonds. The molecule has 0 fully saturated rings. The van der Waals surface area contributed by atoms with E-state index in [0.717, 1.165) is 27.7 Å². The lowest BCUT2D eigenvalue weighted by Gasteiger charge is -2.10. The number of aryl methyl sites for hydroxylation is 1. The smallest absolute Gasteiger partial charge is 0.211 e. The van der Waals surface area contributed by atoms with Gasteiger partial charge in [0, 0.05) is 39.1 Å². The summed E-state index contributed by atoms with van der Waals surface area (Å²) in [5.74, 6) is -0.117. The second kappa shape index (κ2) is 7.19. The van der Waals surface area contributed by atoms with E-state index in [1.54, 1.807) is 12.1 Å². The fraction of sp³-hybridized carbons (Fsp3) is 0.111. The van der Waals surface area contributed by atoms with E-state index in [2.05, 4.69) is 10.2 Å². The maximum atomic E-state index is 6.47. The minimum absolute atomic E-state index is 0.117. The van der Waals surface area contributed by atoms with Crippen molar-refractivity contribution in [3.05, 3.63) is 57.0 Å². The zero-order valence-corrected chi connectivity index (χ0v) is 16.4. The molecule has 2 aromatic carbocycles. The third-order valence-corrected chi connectivity index (χ3v) is 4.81. The quantitative estimate of drug-likeness (QED) is 0.370. The van der Waals surface area contributed by atoms with Crippen molar-refractivity contribution in [1.29, 1.82) is 0 Å². The molecular weight excluding hydrogens is 393 g/mol. The van der Waals surface area contributed by atoms with E-state index in [0.29, 0.717) is 20.8 Å². The van der Waals surface area contributed by atoms with E-state index in [9.17, 15) is 0 Å². The highest BCUT2D eigenvalue weighted by atomic mass is 35.5. The first-order chi connectivity index (χ1) is 12.3. The molecule has 3 rings (SSSR count). The van der Waals surface area contributed by atoms with Gasteiger partial charge >= 0.3 is 0 Å². The monoisotopic (exact) mass is 407 g/mol. The number of nitrogens with zero attached hydrogens (tertiary/aromatic N) is 3. The molecule has 0 aliphatic carbocycles. The number of rotatable bonds is 3. The normalized spacial score (nSPS) is 11.8. The number of benzene rings is 2. The first kappa shape index (κ1) is 18.6. The molecule has 0 saturated heterocycles. The van der Waals surface area contributed by atoms with E-state index in [1.165, 1.54) is 0 Å². The minimum atomic E-state index is -0.117. The van der Waals surface area contributed by atoms with Crippen LogP contribution in [0, 0.1) is 0 Å². The van der Waals surface area contributed by atoms with Gasteiger partial charge in [-0.1, -0.05) is 34.8 Å². The van der Waals surface area contributed by atoms with Crippen LogP contribution in [0.15, 0.2) is 46.6 Å². The summed E-state index contributed by atoms with van der Waals surface area (Å²) in [5.41, 5.74) is 15.0. The van der Waals surface area contributed by atoms with E-state index in [4.69, 9.17) is 46.3 Å². The molecule has 0 spiro atoms. The van der Waals surface area contributed by atoms with Crippen molar-refractivity contribution in [3.63, 3.8) is 0 Å². The van der Waals surface area contributed by atoms with Gasteiger partial charge in [0.05, 0.1) is 16.4 Å². The Balaban J connectivity index is 2.41. The standard InChI is InChI=1S/C18H16Cl3N5/c1-9(24-25-18(22)23)16-13-7-10(19)4-6-15(13)26(2)17(16)12-5-3-11(20)8-14(12)21/h3-8H,1-2H3,(H4,22,23,25)/b24-9-. The lowest BCUT2D eigenvalue weighted by Crippen LogP contribution is -2.22. The zero-order valence-electron chi connectivity index (χ0n) is 14.1. The van der Waals surface area contributed by atoms with Crippen LogP contribution in [0.25, 0.3) is 22.2 Å². The summed E-state index contributed by atoms with van der Waals surface area (Å²) in [6.07, 6.45) is 0. The number of nitrogens with two attached hydrogens (primary N) is 2. The van der Waals surface area contributed by atoms with E-state index >= 15 is 0 Å². The number of halogens is 3. The average molecular weight is 409 g/mol. The van der Waals surface area contributed by atoms with Crippen molar-refractivity contribution in [1.82, 2.24) is 4.57 Å². The van der Waals surface area contributed by atoms with Crippen LogP contribution in [0.3, 0.4) is 0 Å². The summed E-state index contributed by atoms with van der Waals surface area (Å²) < 4.78 is 2.03. The van der Waals surface area contributed by atoms with Crippen molar-refractivity contribution >= 4 is 57.4 Å². The second-order valence-corrected chi connectivity index (χ2v) is 7.06. The highest BCUT2D eigenvalue weighted by Gasteiger charge is 2.21. The van der Waals surface area contributed by atoms with Crippen molar-refractivity contribution in [2.24, 2.45) is 28.7 Å². The molecule has 3 aromatic rings. The van der Waals surface area contributed by atoms with Gasteiger partial charge in [-0.05, 0) is 43.3 Å². The number of hydrogen-bond donors (Lipinski definition) is 2. The lowest BCUT2D eigenvalue weighted by molar-refractivity contribution is 0.977. The molecule has 8 heteroatoms. The molecule has 0 radical (unpaired) electrons. The van der Waals surface area contributed by atoms with E-state index in [-0.39, 0.29) is 5.96 Å². The summed E-state index contributed by atoms with van der Waals surface area (Å²) >= 11 is 18.7. The molecule has 0 bridgehead atoms. The molecule has 26 heavy (non-hydrogen) atoms. The van der Waals surface area contributed by atoms with Crippen LogP contribution in [0.4, 0.5) is 0 Å². The SMILES string of the molecule is C/C(=N/N=C(N)N)c1c(-c2ccc(Cl)cc2Cl)n(C)c2ccc(Cl)cc12. The predicted molar refractivity (Wildman–Crippen MR) is 111 cm³/mol. The molecular formula is C18H16Cl3N5. The fourth-order valence-electron chi connectivity index (χ4n) is 2.96. The Hall–Kier alpha value is -2.21. The zero-order chi connectivity index (χ0) is 19.0. The van der Waals surface area contributed by atoms with Gasteiger partial charge in [-0.15, -0.1) is 5.10 Å². The molecule has 134 valence electrons. The first-order valence-corrected chi connectivity index (χ1v) is 8.80. The van der Waals surface area contributed by atoms with E-state index in [1.807, 2.05) is 42.8 Å². The van der Waals surface area contributed by atoms with Gasteiger partial charge in [-0.25, -0.2) is 0 Å². The molecule has 0 saturated carbocycles. The Morgan fingerprint density at radius 3 is 2.27 bits per heavy atom. The minimum Gasteiger partial charge on any atom is -0.369 e. The summed E-state index contributed by atoms with van der Waals surface area (Å²) in [6, 6.07) is 11.0. The van der Waals surface area contributed by atoms with Crippen molar-refractivity contribution in [3.8, 4) is 11.3 Å². The van der Waals surface area contributed by atoms with Gasteiger partial charge in [0.2, 0.25) is 5.96 Å². The Kier molecular flexibility index (Phi) is 5.14. The fourth-order valence-corrected chi connectivity index (χ4v) is 3.63. The first-order valence-electron chi connectivity index (χ1n) is 7.66. The van der Waals surface area contributed by atoms with Crippen LogP contribution in [0.1, 0.15) is 12.5 Å². The molecule has 1 aromatic heterocycles.